The summed E-state index contributed by atoms with van der Waals surface area (Å²) in [5.41, 5.74) is 1.57. The minimum Gasteiger partial charge on any atom is -0.459 e. The fourth-order valence-corrected chi connectivity index (χ4v) is 2.47. The molecule has 20 heavy (non-hydrogen) atoms. The second-order valence-electron chi connectivity index (χ2n) is 5.52. The Kier molecular flexibility index (Phi) is 5.39. The summed E-state index contributed by atoms with van der Waals surface area (Å²) in [4.78, 5) is 23.0. The highest BCUT2D eigenvalue weighted by molar-refractivity contribution is 5.89. The molecule has 0 radical (unpaired) electrons. The van der Waals surface area contributed by atoms with Crippen LogP contribution < -0.4 is 0 Å². The van der Waals surface area contributed by atoms with E-state index in [4.69, 9.17) is 9.47 Å². The van der Waals surface area contributed by atoms with E-state index in [0.29, 0.717) is 18.4 Å². The molecule has 0 amide bonds. The van der Waals surface area contributed by atoms with E-state index in [1.54, 1.807) is 19.3 Å². The lowest BCUT2D eigenvalue weighted by Crippen LogP contribution is -2.10. The van der Waals surface area contributed by atoms with Crippen LogP contribution in [0.4, 0.5) is 0 Å². The van der Waals surface area contributed by atoms with E-state index in [9.17, 15) is 9.59 Å². The molecule has 4 heteroatoms. The van der Waals surface area contributed by atoms with Crippen LogP contribution in [0.3, 0.4) is 0 Å². The van der Waals surface area contributed by atoms with Crippen LogP contribution in [0.1, 0.15) is 58.3 Å². The summed E-state index contributed by atoms with van der Waals surface area (Å²) < 4.78 is 10.5. The lowest BCUT2D eigenvalue weighted by molar-refractivity contribution is -0.152. The highest BCUT2D eigenvalue weighted by Crippen LogP contribution is 2.21. The van der Waals surface area contributed by atoms with E-state index in [2.05, 4.69) is 0 Å². The second kappa shape index (κ2) is 7.27. The predicted molar refractivity (Wildman–Crippen MR) is 74.7 cm³/mol. The van der Waals surface area contributed by atoms with Crippen molar-refractivity contribution in [3.8, 4) is 0 Å². The van der Waals surface area contributed by atoms with E-state index < -0.39 is 6.29 Å². The van der Waals surface area contributed by atoms with Crippen LogP contribution in [0.5, 0.6) is 0 Å². The van der Waals surface area contributed by atoms with Crippen LogP contribution in [-0.4, -0.2) is 18.0 Å². The fraction of sp³-hybridized carbons (Fsp3) is 0.625. The van der Waals surface area contributed by atoms with Crippen molar-refractivity contribution in [3.05, 3.63) is 23.5 Å². The number of ether oxygens (including phenoxy) is 2. The number of hydrogen-bond acceptors (Lipinski definition) is 4. The number of cyclic esters (lactones) is 1. The molecule has 0 saturated heterocycles. The molecule has 2 aliphatic rings. The molecular weight excluding hydrogens is 256 g/mol. The molecule has 0 aromatic carbocycles. The highest BCUT2D eigenvalue weighted by atomic mass is 16.7. The van der Waals surface area contributed by atoms with Gasteiger partial charge in [0.15, 0.2) is 0 Å². The summed E-state index contributed by atoms with van der Waals surface area (Å²) in [5.74, 6) is -0.0627. The minimum absolute atomic E-state index is 0.275. The van der Waals surface area contributed by atoms with Crippen molar-refractivity contribution < 1.29 is 19.1 Å². The Morgan fingerprint density at radius 1 is 1.15 bits per heavy atom. The van der Waals surface area contributed by atoms with Crippen LogP contribution in [-0.2, 0) is 19.1 Å². The maximum Gasteiger partial charge on any atom is 0.336 e. The molecule has 1 fully saturated rings. The van der Waals surface area contributed by atoms with E-state index in [1.165, 1.54) is 12.8 Å². The zero-order valence-electron chi connectivity index (χ0n) is 12.0. The van der Waals surface area contributed by atoms with E-state index in [-0.39, 0.29) is 11.8 Å². The number of esters is 1. The molecule has 110 valence electrons. The van der Waals surface area contributed by atoms with Crippen LogP contribution in [0, 0.1) is 0 Å². The molecule has 1 heterocycles. The molecule has 0 spiro atoms. The molecular formula is C16H22O4. The topological polar surface area (TPSA) is 52.6 Å². The molecule has 1 aliphatic carbocycles. The van der Waals surface area contributed by atoms with Crippen molar-refractivity contribution in [2.24, 2.45) is 0 Å². The molecule has 1 saturated carbocycles. The molecule has 1 atom stereocenters. The van der Waals surface area contributed by atoms with Gasteiger partial charge in [-0.05, 0) is 31.8 Å². The predicted octanol–water partition coefficient (Wildman–Crippen LogP) is 3.42. The molecule has 0 aromatic rings. The average Bonchev–Trinajstić information content (AvgIpc) is 2.74. The van der Waals surface area contributed by atoms with Crippen molar-refractivity contribution in [2.45, 2.75) is 64.6 Å². The molecule has 2 rings (SSSR count). The Morgan fingerprint density at radius 2 is 1.85 bits per heavy atom. The van der Waals surface area contributed by atoms with Crippen LogP contribution >= 0.6 is 0 Å². The first-order valence-electron chi connectivity index (χ1n) is 7.39. The van der Waals surface area contributed by atoms with E-state index >= 15 is 0 Å². The highest BCUT2D eigenvalue weighted by Gasteiger charge is 2.22. The van der Waals surface area contributed by atoms with Gasteiger partial charge in [-0.15, -0.1) is 0 Å². The number of rotatable bonds is 2. The smallest absolute Gasteiger partial charge is 0.336 e. The maximum atomic E-state index is 11.8. The Bertz CT molecular complexity index is 434. The minimum atomic E-state index is -0.638. The lowest BCUT2D eigenvalue weighted by atomic mass is 9.97. The molecule has 4 nitrogen and oxygen atoms in total. The molecule has 0 N–H and O–H groups in total. The summed E-state index contributed by atoms with van der Waals surface area (Å²) in [6.45, 7) is 1.70. The second-order valence-corrected chi connectivity index (χ2v) is 5.52. The molecule has 1 aliphatic heterocycles. The van der Waals surface area contributed by atoms with Gasteiger partial charge in [0.2, 0.25) is 0 Å². The summed E-state index contributed by atoms with van der Waals surface area (Å²) >= 11 is 0. The Hall–Kier alpha value is -1.58. The summed E-state index contributed by atoms with van der Waals surface area (Å²) in [6.07, 6.45) is 10.3. The lowest BCUT2D eigenvalue weighted by Gasteiger charge is -2.12. The van der Waals surface area contributed by atoms with Gasteiger partial charge in [0.1, 0.15) is 5.78 Å². The van der Waals surface area contributed by atoms with Crippen molar-refractivity contribution in [2.75, 3.05) is 0 Å². The summed E-state index contributed by atoms with van der Waals surface area (Å²) in [6, 6.07) is 0. The Labute approximate surface area is 119 Å². The van der Waals surface area contributed by atoms with Gasteiger partial charge in [-0.2, -0.15) is 0 Å². The van der Waals surface area contributed by atoms with Crippen LogP contribution in [0.25, 0.3) is 0 Å². The zero-order chi connectivity index (χ0) is 14.4. The van der Waals surface area contributed by atoms with Gasteiger partial charge >= 0.3 is 5.97 Å². The molecule has 0 bridgehead atoms. The average molecular weight is 278 g/mol. The fourth-order valence-electron chi connectivity index (χ4n) is 2.47. The Morgan fingerprint density at radius 3 is 2.55 bits per heavy atom. The van der Waals surface area contributed by atoms with Gasteiger partial charge < -0.3 is 9.47 Å². The number of carbonyl (C=O) groups is 2. The van der Waals surface area contributed by atoms with Crippen LogP contribution in [0.2, 0.25) is 0 Å². The standard InChI is InChI=1S/C16H22O4/c1-12-9-15(20-16(12)18)19-11-13-7-5-3-2-4-6-8-14(17)10-13/h9,11,15H,2-8,10H2,1H3/b13-11+/t15-/m1/s1. The first-order chi connectivity index (χ1) is 9.65. The van der Waals surface area contributed by atoms with Gasteiger partial charge in [0.05, 0.1) is 6.26 Å². The van der Waals surface area contributed by atoms with Gasteiger partial charge in [-0.1, -0.05) is 19.3 Å². The van der Waals surface area contributed by atoms with Gasteiger partial charge in [-0.25, -0.2) is 4.79 Å². The van der Waals surface area contributed by atoms with Crippen molar-refractivity contribution in [3.63, 3.8) is 0 Å². The number of Topliss-reactive ketones (excluding diaryl/α,β-unsaturated/α-hetero) is 1. The maximum absolute atomic E-state index is 11.8. The normalized spacial score (nSPS) is 27.1. The van der Waals surface area contributed by atoms with Gasteiger partial charge in [0.25, 0.3) is 6.29 Å². The number of ketones is 1. The van der Waals surface area contributed by atoms with Gasteiger partial charge in [-0.3, -0.25) is 4.79 Å². The Balaban J connectivity index is 1.91. The molecule has 0 unspecified atom stereocenters. The third kappa shape index (κ3) is 4.51. The number of carbonyl (C=O) groups excluding carboxylic acids is 2. The largest absolute Gasteiger partial charge is 0.459 e. The number of hydrogen-bond donors (Lipinski definition) is 0. The first kappa shape index (κ1) is 14.8. The monoisotopic (exact) mass is 278 g/mol. The third-order valence-corrected chi connectivity index (χ3v) is 3.68. The quantitative estimate of drug-likeness (QED) is 0.573. The number of allylic oxidation sites excluding steroid dienone is 1. The molecule has 0 aromatic heterocycles. The summed E-state index contributed by atoms with van der Waals surface area (Å²) in [7, 11) is 0. The summed E-state index contributed by atoms with van der Waals surface area (Å²) in [5, 5.41) is 0. The first-order valence-corrected chi connectivity index (χ1v) is 7.39. The van der Waals surface area contributed by atoms with E-state index in [0.717, 1.165) is 31.3 Å². The van der Waals surface area contributed by atoms with Crippen molar-refractivity contribution >= 4 is 11.8 Å². The van der Waals surface area contributed by atoms with Crippen molar-refractivity contribution in [1.29, 1.82) is 0 Å². The van der Waals surface area contributed by atoms with Crippen LogP contribution in [0.15, 0.2) is 23.5 Å². The van der Waals surface area contributed by atoms with E-state index in [1.807, 2.05) is 0 Å². The third-order valence-electron chi connectivity index (χ3n) is 3.68. The van der Waals surface area contributed by atoms with Gasteiger partial charge in [0, 0.05) is 24.5 Å². The SMILES string of the molecule is CC1=C[C@H](O/C=C2\CCCCCCCC(=O)C2)OC1=O. The zero-order valence-corrected chi connectivity index (χ0v) is 12.0. The van der Waals surface area contributed by atoms with Crippen molar-refractivity contribution in [1.82, 2.24) is 0 Å².